The summed E-state index contributed by atoms with van der Waals surface area (Å²) in [5.74, 6) is 0.845. The molecule has 4 heteroatoms. The molecule has 0 aliphatic heterocycles. The minimum Gasteiger partial charge on any atom is -0.496 e. The number of hydrogen-bond donors (Lipinski definition) is 1. The molecule has 0 saturated heterocycles. The van der Waals surface area contributed by atoms with Gasteiger partial charge in [0.2, 0.25) is 0 Å². The predicted molar refractivity (Wildman–Crippen MR) is 74.9 cm³/mol. The smallest absolute Gasteiger partial charge is 0.121 e. The predicted octanol–water partition coefficient (Wildman–Crippen LogP) is 3.49. The van der Waals surface area contributed by atoms with E-state index in [1.54, 1.807) is 7.11 Å². The van der Waals surface area contributed by atoms with Crippen molar-refractivity contribution in [1.82, 2.24) is 0 Å². The number of nitrogens with zero attached hydrogens (tertiary/aromatic N) is 1. The minimum atomic E-state index is 0.571. The van der Waals surface area contributed by atoms with Gasteiger partial charge in [-0.3, -0.25) is 0 Å². The zero-order chi connectivity index (χ0) is 13.3. The summed E-state index contributed by atoms with van der Waals surface area (Å²) in [6, 6.07) is 8.08. The molecule has 18 heavy (non-hydrogen) atoms. The van der Waals surface area contributed by atoms with Crippen molar-refractivity contribution >= 4 is 16.3 Å². The second kappa shape index (κ2) is 4.71. The zero-order valence-electron chi connectivity index (χ0n) is 10.6. The summed E-state index contributed by atoms with van der Waals surface area (Å²) >= 11 is 1.46. The van der Waals surface area contributed by atoms with E-state index in [0.29, 0.717) is 10.6 Å². The van der Waals surface area contributed by atoms with E-state index >= 15 is 0 Å². The van der Waals surface area contributed by atoms with E-state index in [4.69, 9.17) is 10.5 Å². The molecule has 0 atom stereocenters. The van der Waals surface area contributed by atoms with E-state index < -0.39 is 0 Å². The lowest BCUT2D eigenvalue weighted by Crippen LogP contribution is -1.90. The Morgan fingerprint density at radius 1 is 1.33 bits per heavy atom. The van der Waals surface area contributed by atoms with Crippen molar-refractivity contribution in [3.8, 4) is 22.9 Å². The second-order valence-electron chi connectivity index (χ2n) is 4.07. The molecule has 0 aliphatic carbocycles. The molecule has 0 radical (unpaired) electrons. The fourth-order valence-electron chi connectivity index (χ4n) is 2.06. The molecular weight excluding hydrogens is 244 g/mol. The number of anilines is 1. The summed E-state index contributed by atoms with van der Waals surface area (Å²) < 4.78 is 5.24. The Balaban J connectivity index is 2.63. The summed E-state index contributed by atoms with van der Waals surface area (Å²) in [7, 11) is 1.65. The maximum absolute atomic E-state index is 9.20. The molecule has 0 fully saturated rings. The van der Waals surface area contributed by atoms with Crippen LogP contribution in [0.25, 0.3) is 11.1 Å². The average molecular weight is 258 g/mol. The van der Waals surface area contributed by atoms with Gasteiger partial charge in [-0.25, -0.2) is 0 Å². The molecule has 1 aromatic carbocycles. The maximum atomic E-state index is 9.20. The number of ether oxygens (including phenoxy) is 1. The van der Waals surface area contributed by atoms with Crippen LogP contribution in [-0.2, 0) is 0 Å². The largest absolute Gasteiger partial charge is 0.496 e. The van der Waals surface area contributed by atoms with Crippen LogP contribution < -0.4 is 10.5 Å². The van der Waals surface area contributed by atoms with E-state index in [-0.39, 0.29) is 0 Å². The van der Waals surface area contributed by atoms with Gasteiger partial charge in [0, 0.05) is 10.4 Å². The Morgan fingerprint density at radius 3 is 2.61 bits per heavy atom. The number of methoxy groups -OCH3 is 1. The van der Waals surface area contributed by atoms with Crippen LogP contribution in [0, 0.1) is 25.2 Å². The van der Waals surface area contributed by atoms with Gasteiger partial charge in [0.15, 0.2) is 0 Å². The Hall–Kier alpha value is -1.99. The Morgan fingerprint density at radius 2 is 2.06 bits per heavy atom. The Bertz CT molecular complexity index is 638. The van der Waals surface area contributed by atoms with Gasteiger partial charge in [-0.05, 0) is 37.1 Å². The van der Waals surface area contributed by atoms with Gasteiger partial charge in [0.25, 0.3) is 0 Å². The molecule has 1 aromatic heterocycles. The average Bonchev–Trinajstić information content (AvgIpc) is 2.63. The van der Waals surface area contributed by atoms with Crippen molar-refractivity contribution in [3.63, 3.8) is 0 Å². The van der Waals surface area contributed by atoms with Crippen LogP contribution in [0.4, 0.5) is 5.00 Å². The number of benzene rings is 1. The molecule has 0 spiro atoms. The normalized spacial score (nSPS) is 10.1. The van der Waals surface area contributed by atoms with E-state index in [2.05, 4.69) is 6.07 Å². The van der Waals surface area contributed by atoms with E-state index in [9.17, 15) is 5.26 Å². The van der Waals surface area contributed by atoms with Crippen molar-refractivity contribution < 1.29 is 4.74 Å². The molecule has 3 nitrogen and oxygen atoms in total. The number of rotatable bonds is 2. The number of thiophene rings is 1. The zero-order valence-corrected chi connectivity index (χ0v) is 11.4. The fourth-order valence-corrected chi connectivity index (χ4v) is 2.96. The Kier molecular flexibility index (Phi) is 3.26. The van der Waals surface area contributed by atoms with Crippen LogP contribution in [0.15, 0.2) is 18.2 Å². The van der Waals surface area contributed by atoms with Gasteiger partial charge in [-0.2, -0.15) is 5.26 Å². The topological polar surface area (TPSA) is 59.0 Å². The highest BCUT2D eigenvalue weighted by Gasteiger charge is 2.15. The lowest BCUT2D eigenvalue weighted by Gasteiger charge is -2.07. The lowest BCUT2D eigenvalue weighted by atomic mass is 10.00. The number of nitriles is 1. The molecular formula is C14H14N2OS. The van der Waals surface area contributed by atoms with E-state index in [1.165, 1.54) is 11.3 Å². The van der Waals surface area contributed by atoms with Gasteiger partial charge in [0.1, 0.15) is 16.8 Å². The number of nitrogen functional groups attached to an aromatic ring is 1. The second-order valence-corrected chi connectivity index (χ2v) is 5.33. The maximum Gasteiger partial charge on any atom is 0.121 e. The SMILES string of the molecule is COc1ccc(-c2c(C)sc(N)c2C#N)cc1C. The van der Waals surface area contributed by atoms with Gasteiger partial charge in [-0.1, -0.05) is 6.07 Å². The fraction of sp³-hybridized carbons (Fsp3) is 0.214. The highest BCUT2D eigenvalue weighted by molar-refractivity contribution is 7.16. The van der Waals surface area contributed by atoms with Gasteiger partial charge in [0.05, 0.1) is 12.7 Å². The minimum absolute atomic E-state index is 0.571. The lowest BCUT2D eigenvalue weighted by molar-refractivity contribution is 0.412. The molecule has 0 amide bonds. The summed E-state index contributed by atoms with van der Waals surface area (Å²) in [5, 5.41) is 9.78. The molecule has 92 valence electrons. The quantitative estimate of drug-likeness (QED) is 0.897. The molecule has 2 aromatic rings. The van der Waals surface area contributed by atoms with Gasteiger partial charge < -0.3 is 10.5 Å². The van der Waals surface area contributed by atoms with Crippen molar-refractivity contribution in [2.45, 2.75) is 13.8 Å². The highest BCUT2D eigenvalue weighted by Crippen LogP contribution is 2.38. The molecule has 0 unspecified atom stereocenters. The van der Waals surface area contributed by atoms with Gasteiger partial charge >= 0.3 is 0 Å². The first-order valence-electron chi connectivity index (χ1n) is 5.52. The number of hydrogen-bond acceptors (Lipinski definition) is 4. The third kappa shape index (κ3) is 1.93. The third-order valence-electron chi connectivity index (χ3n) is 2.91. The third-order valence-corrected chi connectivity index (χ3v) is 3.84. The first kappa shape index (κ1) is 12.5. The van der Waals surface area contributed by atoms with Crippen LogP contribution in [0.1, 0.15) is 16.0 Å². The first-order chi connectivity index (χ1) is 8.58. The standard InChI is InChI=1S/C14H14N2OS/c1-8-6-10(4-5-12(8)17-3)13-9(2)18-14(16)11(13)7-15/h4-6H,16H2,1-3H3. The molecule has 0 aliphatic rings. The number of nitrogens with two attached hydrogens (primary N) is 1. The van der Waals surface area contributed by atoms with Gasteiger partial charge in [-0.15, -0.1) is 11.3 Å². The summed E-state index contributed by atoms with van der Waals surface area (Å²) in [6.45, 7) is 3.97. The first-order valence-corrected chi connectivity index (χ1v) is 6.34. The van der Waals surface area contributed by atoms with Crippen molar-refractivity contribution in [2.75, 3.05) is 12.8 Å². The molecule has 0 bridgehead atoms. The van der Waals surface area contributed by atoms with Crippen LogP contribution in [-0.4, -0.2) is 7.11 Å². The van der Waals surface area contributed by atoms with Crippen LogP contribution in [0.5, 0.6) is 5.75 Å². The highest BCUT2D eigenvalue weighted by atomic mass is 32.1. The Labute approximate surface area is 110 Å². The van der Waals surface area contributed by atoms with Crippen LogP contribution in [0.3, 0.4) is 0 Å². The van der Waals surface area contributed by atoms with Crippen LogP contribution in [0.2, 0.25) is 0 Å². The number of aryl methyl sites for hydroxylation is 2. The molecule has 1 heterocycles. The van der Waals surface area contributed by atoms with Crippen molar-refractivity contribution in [2.24, 2.45) is 0 Å². The van der Waals surface area contributed by atoms with E-state index in [0.717, 1.165) is 27.3 Å². The van der Waals surface area contributed by atoms with Crippen LogP contribution >= 0.6 is 11.3 Å². The summed E-state index contributed by atoms with van der Waals surface area (Å²) in [6.07, 6.45) is 0. The summed E-state index contributed by atoms with van der Waals surface area (Å²) in [4.78, 5) is 1.06. The monoisotopic (exact) mass is 258 g/mol. The molecule has 2 N–H and O–H groups in total. The summed E-state index contributed by atoms with van der Waals surface area (Å²) in [5.41, 5.74) is 9.42. The van der Waals surface area contributed by atoms with Crippen molar-refractivity contribution in [3.05, 3.63) is 34.2 Å². The molecule has 2 rings (SSSR count). The molecule has 0 saturated carbocycles. The van der Waals surface area contributed by atoms with E-state index in [1.807, 2.05) is 32.0 Å². The van der Waals surface area contributed by atoms with Crippen molar-refractivity contribution in [1.29, 1.82) is 5.26 Å².